The smallest absolute Gasteiger partial charge is 0.303 e. The van der Waals surface area contributed by atoms with E-state index in [2.05, 4.69) is 46.0 Å². The summed E-state index contributed by atoms with van der Waals surface area (Å²) in [6, 6.07) is 20.5. The fraction of sp³-hybridized carbons (Fsp3) is 0.524. The van der Waals surface area contributed by atoms with Crippen LogP contribution >= 0.6 is 11.6 Å². The Morgan fingerprint density at radius 1 is 0.942 bits per heavy atom. The van der Waals surface area contributed by atoms with Gasteiger partial charge in [0.2, 0.25) is 5.91 Å². The van der Waals surface area contributed by atoms with Crippen molar-refractivity contribution < 1.29 is 24.2 Å². The fourth-order valence-electron chi connectivity index (χ4n) is 8.35. The highest BCUT2D eigenvalue weighted by Crippen LogP contribution is 2.44. The van der Waals surface area contributed by atoms with Gasteiger partial charge >= 0.3 is 5.97 Å². The molecule has 52 heavy (non-hydrogen) atoms. The average molecular weight is 731 g/mol. The summed E-state index contributed by atoms with van der Waals surface area (Å²) < 4.78 is 11.8. The van der Waals surface area contributed by atoms with Crippen LogP contribution in [-0.2, 0) is 16.0 Å². The molecular formula is C42H55ClN4O5. The van der Waals surface area contributed by atoms with Crippen molar-refractivity contribution in [3.8, 4) is 11.5 Å². The number of amides is 1. The highest BCUT2D eigenvalue weighted by Gasteiger charge is 2.36. The zero-order valence-electron chi connectivity index (χ0n) is 31.2. The summed E-state index contributed by atoms with van der Waals surface area (Å²) in [5.74, 6) is 1.29. The third kappa shape index (κ3) is 9.22. The molecule has 2 aliphatic heterocycles. The maximum Gasteiger partial charge on any atom is 0.303 e. The number of methoxy groups -OCH3 is 1. The number of halogens is 1. The Hall–Kier alpha value is -3.79. The van der Waals surface area contributed by atoms with Gasteiger partial charge in [0.1, 0.15) is 0 Å². The molecule has 10 heteroatoms. The summed E-state index contributed by atoms with van der Waals surface area (Å²) in [5, 5.41) is 9.53. The molecule has 1 N–H and O–H groups in total. The van der Waals surface area contributed by atoms with Crippen molar-refractivity contribution in [1.82, 2.24) is 9.80 Å². The lowest BCUT2D eigenvalue weighted by atomic mass is 9.84. The molecule has 3 aliphatic rings. The summed E-state index contributed by atoms with van der Waals surface area (Å²) in [6.45, 7) is 10.4. The third-order valence-corrected chi connectivity index (χ3v) is 11.3. The van der Waals surface area contributed by atoms with Crippen molar-refractivity contribution in [3.05, 3.63) is 82.4 Å². The minimum absolute atomic E-state index is 0.0295. The lowest BCUT2D eigenvalue weighted by Gasteiger charge is -2.42. The molecule has 0 spiro atoms. The maximum absolute atomic E-state index is 14.0. The summed E-state index contributed by atoms with van der Waals surface area (Å²) in [4.78, 5) is 34.2. The highest BCUT2D eigenvalue weighted by atomic mass is 35.5. The topological polar surface area (TPSA) is 85.8 Å². The standard InChI is InChI=1S/C42H55ClN4O5/c1-29(2)52-39-27-37-32(25-38(39)51-4)26-40(48)47(42(37)31-10-12-33(43)13-11-31)36-18-16-34(17-19-36)44(3)28-30-8-14-35(15-9-30)46-23-21-45(22-24-46)20-6-5-7-41(49)50/h10-13,16-19,25,27,29-30,35,42H,5-9,14-15,20-24,26,28H2,1-4H3,(H,49,50)/t30-,35-,42-/m0/s1. The molecule has 1 saturated heterocycles. The number of fused-ring (bicyclic) bond motifs is 1. The van der Waals surface area contributed by atoms with Crippen LogP contribution in [0.1, 0.15) is 81.5 Å². The largest absolute Gasteiger partial charge is 0.493 e. The van der Waals surface area contributed by atoms with Crippen LogP contribution in [0.5, 0.6) is 11.5 Å². The lowest BCUT2D eigenvalue weighted by Crippen LogP contribution is -2.51. The molecule has 6 rings (SSSR count). The molecule has 1 amide bonds. The molecule has 1 saturated carbocycles. The fourth-order valence-corrected chi connectivity index (χ4v) is 8.47. The van der Waals surface area contributed by atoms with Gasteiger partial charge in [0, 0.05) is 68.6 Å². The first-order valence-electron chi connectivity index (χ1n) is 19.0. The van der Waals surface area contributed by atoms with Gasteiger partial charge < -0.3 is 29.3 Å². The number of nitrogens with zero attached hydrogens (tertiary/aromatic N) is 4. The van der Waals surface area contributed by atoms with Gasteiger partial charge in [0.15, 0.2) is 11.5 Å². The molecular weight excluding hydrogens is 676 g/mol. The molecule has 1 aliphatic carbocycles. The molecule has 9 nitrogen and oxygen atoms in total. The van der Waals surface area contributed by atoms with E-state index in [9.17, 15) is 9.59 Å². The van der Waals surface area contributed by atoms with Gasteiger partial charge in [-0.15, -0.1) is 0 Å². The van der Waals surface area contributed by atoms with Crippen LogP contribution in [0.2, 0.25) is 5.02 Å². The van der Waals surface area contributed by atoms with Crippen LogP contribution in [0.3, 0.4) is 0 Å². The predicted octanol–water partition coefficient (Wildman–Crippen LogP) is 7.68. The van der Waals surface area contributed by atoms with Crippen LogP contribution in [-0.4, -0.2) is 92.4 Å². The normalized spacial score (nSPS) is 21.2. The molecule has 280 valence electrons. The molecule has 0 unspecified atom stereocenters. The van der Waals surface area contributed by atoms with Crippen molar-refractivity contribution >= 4 is 34.9 Å². The van der Waals surface area contributed by atoms with E-state index >= 15 is 0 Å². The van der Waals surface area contributed by atoms with Gasteiger partial charge in [0.05, 0.1) is 25.7 Å². The zero-order chi connectivity index (χ0) is 36.8. The summed E-state index contributed by atoms with van der Waals surface area (Å²) in [6.07, 6.45) is 7.21. The first-order chi connectivity index (χ1) is 25.1. The third-order valence-electron chi connectivity index (χ3n) is 11.1. The highest BCUT2D eigenvalue weighted by molar-refractivity contribution is 6.30. The number of unbranched alkanes of at least 4 members (excludes halogenated alkanes) is 1. The Morgan fingerprint density at radius 2 is 1.63 bits per heavy atom. The van der Waals surface area contributed by atoms with Gasteiger partial charge in [0.25, 0.3) is 0 Å². The number of carboxylic acids is 1. The zero-order valence-corrected chi connectivity index (χ0v) is 32.0. The molecule has 3 aromatic rings. The van der Waals surface area contributed by atoms with Crippen molar-refractivity contribution in [2.75, 3.05) is 63.2 Å². The van der Waals surface area contributed by atoms with Crippen molar-refractivity contribution in [1.29, 1.82) is 0 Å². The molecule has 0 aromatic heterocycles. The van der Waals surface area contributed by atoms with Gasteiger partial charge in [-0.2, -0.15) is 0 Å². The number of anilines is 2. The van der Waals surface area contributed by atoms with Crippen molar-refractivity contribution in [3.63, 3.8) is 0 Å². The van der Waals surface area contributed by atoms with E-state index in [0.717, 1.165) is 80.2 Å². The van der Waals surface area contributed by atoms with Gasteiger partial charge in [-0.1, -0.05) is 23.7 Å². The minimum Gasteiger partial charge on any atom is -0.493 e. The van der Waals surface area contributed by atoms with Crippen LogP contribution in [0.4, 0.5) is 11.4 Å². The SMILES string of the molecule is COc1cc2c(cc1OC(C)C)[C@H](c1ccc(Cl)cc1)N(c1ccc(N(C)C[C@H]3CC[C@H](N4CCN(CCCCC(=O)O)CC4)CC3)cc1)C(=O)C2. The Balaban J connectivity index is 1.09. The lowest BCUT2D eigenvalue weighted by molar-refractivity contribution is -0.137. The first kappa shape index (κ1) is 38.0. The minimum atomic E-state index is -0.695. The van der Waals surface area contributed by atoms with Crippen molar-refractivity contribution in [2.45, 2.75) is 83.4 Å². The van der Waals surface area contributed by atoms with Crippen LogP contribution in [0, 0.1) is 5.92 Å². The van der Waals surface area contributed by atoms with E-state index in [1.807, 2.05) is 55.1 Å². The van der Waals surface area contributed by atoms with E-state index < -0.39 is 5.97 Å². The number of hydrogen-bond acceptors (Lipinski definition) is 7. The number of carbonyl (C=O) groups excluding carboxylic acids is 1. The quantitative estimate of drug-likeness (QED) is 0.169. The maximum atomic E-state index is 14.0. The first-order valence-corrected chi connectivity index (χ1v) is 19.4. The van der Waals surface area contributed by atoms with E-state index in [4.69, 9.17) is 26.2 Å². The average Bonchev–Trinajstić information content (AvgIpc) is 3.13. The van der Waals surface area contributed by atoms with Crippen LogP contribution < -0.4 is 19.3 Å². The Kier molecular flexibility index (Phi) is 12.7. The van der Waals surface area contributed by atoms with Gasteiger partial charge in [-0.3, -0.25) is 14.5 Å². The summed E-state index contributed by atoms with van der Waals surface area (Å²) in [7, 11) is 3.81. The monoisotopic (exact) mass is 730 g/mol. The van der Waals surface area contributed by atoms with Gasteiger partial charge in [-0.25, -0.2) is 0 Å². The van der Waals surface area contributed by atoms with E-state index in [0.29, 0.717) is 28.5 Å². The van der Waals surface area contributed by atoms with Gasteiger partial charge in [-0.05, 0) is 130 Å². The molecule has 2 heterocycles. The van der Waals surface area contributed by atoms with E-state index in [1.54, 1.807) is 7.11 Å². The molecule has 2 fully saturated rings. The van der Waals surface area contributed by atoms with Crippen LogP contribution in [0.15, 0.2) is 60.7 Å². The number of aliphatic carboxylic acids is 1. The Bertz CT molecular complexity index is 1650. The molecule has 0 bridgehead atoms. The number of hydrogen-bond donors (Lipinski definition) is 1. The number of piperazine rings is 1. The summed E-state index contributed by atoms with van der Waals surface area (Å²) >= 11 is 6.31. The number of carboxylic acid groups (broad SMARTS) is 1. The number of carbonyl (C=O) groups is 2. The number of rotatable bonds is 14. The predicted molar refractivity (Wildman–Crippen MR) is 208 cm³/mol. The van der Waals surface area contributed by atoms with E-state index in [1.165, 1.54) is 25.7 Å². The second-order valence-electron chi connectivity index (χ2n) is 15.1. The second kappa shape index (κ2) is 17.4. The molecule has 0 radical (unpaired) electrons. The summed E-state index contributed by atoms with van der Waals surface area (Å²) in [5.41, 5.74) is 4.94. The molecule has 3 aromatic carbocycles. The number of benzene rings is 3. The Morgan fingerprint density at radius 3 is 2.27 bits per heavy atom. The van der Waals surface area contributed by atoms with E-state index in [-0.39, 0.29) is 30.9 Å². The second-order valence-corrected chi connectivity index (χ2v) is 15.5. The Labute approximate surface area is 314 Å². The van der Waals surface area contributed by atoms with Crippen molar-refractivity contribution in [2.24, 2.45) is 5.92 Å². The van der Waals surface area contributed by atoms with Crippen LogP contribution in [0.25, 0.3) is 0 Å². The molecule has 1 atom stereocenters. The number of ether oxygens (including phenoxy) is 2.